The van der Waals surface area contributed by atoms with E-state index in [-0.39, 0.29) is 44.2 Å². The number of nitrogens with one attached hydrogen (secondary N) is 1. The maximum atomic E-state index is 14.0. The first-order valence-electron chi connectivity index (χ1n) is 14.2. The van der Waals surface area contributed by atoms with E-state index in [2.05, 4.69) is 5.32 Å². The standard InChI is InChI=1S/C33H41Cl2N3O4S/c1-23-12-10-15-29(24(23)2)38(43(6,41)42)19-11-16-31(39)37(22-26-17-18-27(34)21-28(26)35)30(32(40)36-33(3,4)5)20-25-13-8-7-9-14-25/h7-10,12-15,17-18,21,30H,11,16,19-20,22H2,1-6H3,(H,36,40)/t30-/m0/s1. The quantitative estimate of drug-likeness (QED) is 0.237. The van der Waals surface area contributed by atoms with E-state index in [0.29, 0.717) is 21.3 Å². The van der Waals surface area contributed by atoms with Gasteiger partial charge in [-0.25, -0.2) is 8.42 Å². The zero-order valence-electron chi connectivity index (χ0n) is 25.7. The lowest BCUT2D eigenvalue weighted by Gasteiger charge is -2.34. The second kappa shape index (κ2) is 14.6. The molecular weight excluding hydrogens is 605 g/mol. The van der Waals surface area contributed by atoms with Gasteiger partial charge < -0.3 is 10.2 Å². The molecule has 2 amide bonds. The van der Waals surface area contributed by atoms with Gasteiger partial charge >= 0.3 is 0 Å². The van der Waals surface area contributed by atoms with Crippen LogP contribution in [0.4, 0.5) is 5.69 Å². The van der Waals surface area contributed by atoms with Crippen LogP contribution in [-0.2, 0) is 32.6 Å². The number of benzene rings is 3. The molecule has 43 heavy (non-hydrogen) atoms. The summed E-state index contributed by atoms with van der Waals surface area (Å²) in [7, 11) is -3.61. The number of anilines is 1. The van der Waals surface area contributed by atoms with Crippen LogP contribution in [0.5, 0.6) is 0 Å². The molecule has 3 rings (SSSR count). The van der Waals surface area contributed by atoms with E-state index in [1.807, 2.05) is 77.1 Å². The summed E-state index contributed by atoms with van der Waals surface area (Å²) in [6.45, 7) is 9.67. The summed E-state index contributed by atoms with van der Waals surface area (Å²) < 4.78 is 26.9. The summed E-state index contributed by atoms with van der Waals surface area (Å²) in [6, 6.07) is 19.2. The maximum absolute atomic E-state index is 14.0. The fourth-order valence-electron chi connectivity index (χ4n) is 4.83. The zero-order valence-corrected chi connectivity index (χ0v) is 28.0. The molecular formula is C33H41Cl2N3O4S. The Bertz CT molecular complexity index is 1540. The van der Waals surface area contributed by atoms with E-state index in [9.17, 15) is 18.0 Å². The lowest BCUT2D eigenvalue weighted by Crippen LogP contribution is -2.54. The van der Waals surface area contributed by atoms with Gasteiger partial charge in [0, 0.05) is 41.5 Å². The molecule has 232 valence electrons. The highest BCUT2D eigenvalue weighted by Crippen LogP contribution is 2.27. The van der Waals surface area contributed by atoms with Crippen molar-refractivity contribution in [1.29, 1.82) is 0 Å². The van der Waals surface area contributed by atoms with Crippen LogP contribution in [-0.4, -0.2) is 49.5 Å². The van der Waals surface area contributed by atoms with Gasteiger partial charge in [-0.1, -0.05) is 71.7 Å². The highest BCUT2D eigenvalue weighted by molar-refractivity contribution is 7.92. The van der Waals surface area contributed by atoms with Crippen LogP contribution in [0.25, 0.3) is 0 Å². The number of rotatable bonds is 12. The molecule has 3 aromatic carbocycles. The first kappa shape index (κ1) is 34.4. The van der Waals surface area contributed by atoms with Crippen LogP contribution in [0, 0.1) is 13.8 Å². The summed E-state index contributed by atoms with van der Waals surface area (Å²) in [5.74, 6) is -0.576. The predicted octanol–water partition coefficient (Wildman–Crippen LogP) is 6.71. The number of carbonyl (C=O) groups excluding carboxylic acids is 2. The average molecular weight is 647 g/mol. The van der Waals surface area contributed by atoms with E-state index in [4.69, 9.17) is 23.2 Å². The van der Waals surface area contributed by atoms with Crippen LogP contribution in [0.3, 0.4) is 0 Å². The second-order valence-electron chi connectivity index (χ2n) is 11.9. The Kier molecular flexibility index (Phi) is 11.7. The maximum Gasteiger partial charge on any atom is 0.243 e. The summed E-state index contributed by atoms with van der Waals surface area (Å²) in [6.07, 6.45) is 1.73. The van der Waals surface area contributed by atoms with Gasteiger partial charge in [-0.2, -0.15) is 0 Å². The summed E-state index contributed by atoms with van der Waals surface area (Å²) >= 11 is 12.7. The topological polar surface area (TPSA) is 86.8 Å². The van der Waals surface area contributed by atoms with Crippen molar-refractivity contribution in [3.8, 4) is 0 Å². The van der Waals surface area contributed by atoms with E-state index in [1.165, 1.54) is 4.31 Å². The van der Waals surface area contributed by atoms with E-state index in [1.54, 1.807) is 29.2 Å². The molecule has 0 saturated heterocycles. The molecule has 0 aromatic heterocycles. The largest absolute Gasteiger partial charge is 0.350 e. The van der Waals surface area contributed by atoms with Crippen LogP contribution < -0.4 is 9.62 Å². The van der Waals surface area contributed by atoms with Gasteiger partial charge in [0.15, 0.2) is 0 Å². The Morgan fingerprint density at radius 2 is 1.63 bits per heavy atom. The van der Waals surface area contributed by atoms with E-state index in [0.717, 1.165) is 22.9 Å². The summed E-state index contributed by atoms with van der Waals surface area (Å²) in [5.41, 5.74) is 3.44. The molecule has 10 heteroatoms. The monoisotopic (exact) mass is 645 g/mol. The van der Waals surface area contributed by atoms with Gasteiger partial charge in [-0.3, -0.25) is 13.9 Å². The molecule has 1 atom stereocenters. The van der Waals surface area contributed by atoms with Crippen molar-refractivity contribution in [2.75, 3.05) is 17.1 Å². The molecule has 3 aromatic rings. The number of hydrogen-bond acceptors (Lipinski definition) is 4. The normalized spacial score (nSPS) is 12.5. The van der Waals surface area contributed by atoms with Crippen molar-refractivity contribution >= 4 is 50.7 Å². The Hall–Kier alpha value is -3.07. The predicted molar refractivity (Wildman–Crippen MR) is 176 cm³/mol. The van der Waals surface area contributed by atoms with Crippen molar-refractivity contribution in [1.82, 2.24) is 10.2 Å². The van der Waals surface area contributed by atoms with Crippen LogP contribution >= 0.6 is 23.2 Å². The first-order chi connectivity index (χ1) is 20.1. The third kappa shape index (κ3) is 9.98. The molecule has 0 aliphatic rings. The lowest BCUT2D eigenvalue weighted by atomic mass is 10.00. The fourth-order valence-corrected chi connectivity index (χ4v) is 6.31. The third-order valence-corrected chi connectivity index (χ3v) is 8.89. The molecule has 1 N–H and O–H groups in total. The Balaban J connectivity index is 1.95. The molecule has 0 radical (unpaired) electrons. The first-order valence-corrected chi connectivity index (χ1v) is 16.8. The lowest BCUT2D eigenvalue weighted by molar-refractivity contribution is -0.142. The van der Waals surface area contributed by atoms with Crippen LogP contribution in [0.2, 0.25) is 10.0 Å². The number of sulfonamides is 1. The molecule has 0 fully saturated rings. The molecule has 0 unspecified atom stereocenters. The number of halogens is 2. The van der Waals surface area contributed by atoms with Crippen molar-refractivity contribution in [3.05, 3.63) is 99.0 Å². The van der Waals surface area contributed by atoms with Gasteiger partial charge in [0.05, 0.1) is 11.9 Å². The van der Waals surface area contributed by atoms with E-state index < -0.39 is 21.6 Å². The van der Waals surface area contributed by atoms with E-state index >= 15 is 0 Å². The fraction of sp³-hybridized carbons (Fsp3) is 0.394. The Morgan fingerprint density at radius 1 is 0.953 bits per heavy atom. The minimum atomic E-state index is -3.61. The van der Waals surface area contributed by atoms with Gasteiger partial charge in [0.25, 0.3) is 0 Å². The highest BCUT2D eigenvalue weighted by Gasteiger charge is 2.32. The minimum absolute atomic E-state index is 0.0240. The smallest absolute Gasteiger partial charge is 0.243 e. The molecule has 0 saturated carbocycles. The Labute approximate surface area is 266 Å². The number of aryl methyl sites for hydroxylation is 1. The zero-order chi connectivity index (χ0) is 31.9. The molecule has 0 aliphatic heterocycles. The van der Waals surface area contributed by atoms with Crippen LogP contribution in [0.15, 0.2) is 66.7 Å². The van der Waals surface area contributed by atoms with Gasteiger partial charge in [0.2, 0.25) is 21.8 Å². The van der Waals surface area contributed by atoms with Crippen molar-refractivity contribution < 1.29 is 18.0 Å². The molecule has 0 heterocycles. The Morgan fingerprint density at radius 3 is 2.23 bits per heavy atom. The van der Waals surface area contributed by atoms with Crippen LogP contribution in [0.1, 0.15) is 55.9 Å². The number of hydrogen-bond donors (Lipinski definition) is 1. The highest BCUT2D eigenvalue weighted by atomic mass is 35.5. The van der Waals surface area contributed by atoms with Crippen molar-refractivity contribution in [3.63, 3.8) is 0 Å². The van der Waals surface area contributed by atoms with Crippen molar-refractivity contribution in [2.24, 2.45) is 0 Å². The number of amides is 2. The molecule has 7 nitrogen and oxygen atoms in total. The second-order valence-corrected chi connectivity index (χ2v) is 14.6. The van der Waals surface area contributed by atoms with Crippen molar-refractivity contribution in [2.45, 2.75) is 72.0 Å². The van der Waals surface area contributed by atoms with Gasteiger partial charge in [-0.05, 0) is 81.5 Å². The number of nitrogens with zero attached hydrogens (tertiary/aromatic N) is 2. The summed E-state index contributed by atoms with van der Waals surface area (Å²) in [4.78, 5) is 29.3. The average Bonchev–Trinajstić information content (AvgIpc) is 2.90. The van der Waals surface area contributed by atoms with Gasteiger partial charge in [0.1, 0.15) is 6.04 Å². The number of carbonyl (C=O) groups is 2. The molecule has 0 bridgehead atoms. The molecule has 0 spiro atoms. The van der Waals surface area contributed by atoms with Gasteiger partial charge in [-0.15, -0.1) is 0 Å². The SMILES string of the molecule is Cc1cccc(N(CCCC(=O)N(Cc2ccc(Cl)cc2Cl)[C@@H](Cc2ccccc2)C(=O)NC(C)(C)C)S(C)(=O)=O)c1C. The third-order valence-electron chi connectivity index (χ3n) is 7.12. The molecule has 0 aliphatic carbocycles. The minimum Gasteiger partial charge on any atom is -0.350 e. The summed E-state index contributed by atoms with van der Waals surface area (Å²) in [5, 5.41) is 3.89.